The number of hydrogen-bond acceptors (Lipinski definition) is 1. The van der Waals surface area contributed by atoms with Crippen LogP contribution in [0.3, 0.4) is 0 Å². The summed E-state index contributed by atoms with van der Waals surface area (Å²) in [5.41, 5.74) is 0. The normalized spacial score (nSPS) is 71.8. The van der Waals surface area contributed by atoms with E-state index in [4.69, 9.17) is 0 Å². The second kappa shape index (κ2) is 0.919. The largest absolute Gasteiger partial charge is 0.299 e. The zero-order valence-electron chi connectivity index (χ0n) is 5.53. The zero-order chi connectivity index (χ0) is 6.46. The van der Waals surface area contributed by atoms with Crippen LogP contribution in [0.15, 0.2) is 12.2 Å². The van der Waals surface area contributed by atoms with Gasteiger partial charge in [-0.15, -0.1) is 0 Å². The summed E-state index contributed by atoms with van der Waals surface area (Å²) in [5.74, 6) is 4.81. The maximum absolute atomic E-state index is 11.4. The molecule has 0 spiro atoms. The second-order valence-corrected chi connectivity index (χ2v) is 4.15. The number of allylic oxidation sites excluding steroid dienone is 2. The summed E-state index contributed by atoms with van der Waals surface area (Å²) >= 11 is 0. The first-order valence-electron chi connectivity index (χ1n) is 4.11. The Morgan fingerprint density at radius 3 is 2.70 bits per heavy atom. The molecule has 4 aliphatic carbocycles. The number of Topliss-reactive ketones (excluding diaryl/α,β-unsaturated/α-hetero) is 1. The average molecular weight is 132 g/mol. The van der Waals surface area contributed by atoms with Crippen LogP contribution in [0.5, 0.6) is 0 Å². The van der Waals surface area contributed by atoms with Gasteiger partial charge in [-0.3, -0.25) is 4.79 Å². The van der Waals surface area contributed by atoms with Gasteiger partial charge >= 0.3 is 0 Å². The number of carbonyl (C=O) groups excluding carboxylic acids is 1. The lowest BCUT2D eigenvalue weighted by Crippen LogP contribution is -2.33. The van der Waals surface area contributed by atoms with Crippen molar-refractivity contribution in [3.63, 3.8) is 0 Å². The van der Waals surface area contributed by atoms with E-state index in [1.807, 2.05) is 0 Å². The van der Waals surface area contributed by atoms with Gasteiger partial charge in [0.15, 0.2) is 0 Å². The van der Waals surface area contributed by atoms with Crippen LogP contribution in [0, 0.1) is 35.5 Å². The smallest absolute Gasteiger partial charge is 0.143 e. The molecule has 0 aromatic carbocycles. The van der Waals surface area contributed by atoms with Gasteiger partial charge in [0.05, 0.1) is 0 Å². The molecule has 0 radical (unpaired) electrons. The molecular weight excluding hydrogens is 124 g/mol. The Hall–Kier alpha value is -0.590. The molecular formula is C9H8O. The molecule has 0 bridgehead atoms. The molecule has 10 heavy (non-hydrogen) atoms. The molecule has 50 valence electrons. The molecule has 0 heterocycles. The third-order valence-corrected chi connectivity index (χ3v) is 4.08. The second-order valence-electron chi connectivity index (χ2n) is 4.15. The average Bonchev–Trinajstić information content (AvgIpc) is 2.36. The Balaban J connectivity index is 2.02. The molecule has 6 unspecified atom stereocenters. The highest BCUT2D eigenvalue weighted by molar-refractivity contribution is 5.94. The van der Waals surface area contributed by atoms with Crippen LogP contribution in [0.1, 0.15) is 0 Å². The molecule has 1 nitrogen and oxygen atoms in total. The van der Waals surface area contributed by atoms with Crippen LogP contribution in [-0.2, 0) is 4.79 Å². The van der Waals surface area contributed by atoms with Crippen LogP contribution in [-0.4, -0.2) is 5.78 Å². The number of hydrogen-bond donors (Lipinski definition) is 0. The van der Waals surface area contributed by atoms with Crippen molar-refractivity contribution in [3.8, 4) is 0 Å². The highest BCUT2D eigenvalue weighted by Crippen LogP contribution is 2.78. The van der Waals surface area contributed by atoms with Crippen molar-refractivity contribution in [1.82, 2.24) is 0 Å². The minimum atomic E-state index is 0.380. The van der Waals surface area contributed by atoms with Gasteiger partial charge in [-0.2, -0.15) is 0 Å². The third kappa shape index (κ3) is 0.206. The lowest BCUT2D eigenvalue weighted by Gasteiger charge is -2.32. The van der Waals surface area contributed by atoms with Crippen molar-refractivity contribution in [1.29, 1.82) is 0 Å². The minimum absolute atomic E-state index is 0.380. The fourth-order valence-electron chi connectivity index (χ4n) is 3.72. The van der Waals surface area contributed by atoms with Gasteiger partial charge in [0.1, 0.15) is 5.78 Å². The summed E-state index contributed by atoms with van der Waals surface area (Å²) < 4.78 is 0. The van der Waals surface area contributed by atoms with Gasteiger partial charge in [-0.05, 0) is 23.7 Å². The van der Waals surface area contributed by atoms with E-state index in [0.29, 0.717) is 17.6 Å². The summed E-state index contributed by atoms with van der Waals surface area (Å²) in [4.78, 5) is 11.4. The Bertz CT molecular complexity index is 278. The molecule has 4 rings (SSSR count). The van der Waals surface area contributed by atoms with Crippen molar-refractivity contribution in [2.24, 2.45) is 35.5 Å². The fourth-order valence-corrected chi connectivity index (χ4v) is 3.72. The molecule has 3 fully saturated rings. The van der Waals surface area contributed by atoms with E-state index in [9.17, 15) is 4.79 Å². The first kappa shape index (κ1) is 4.32. The number of ketones is 1. The van der Waals surface area contributed by atoms with Gasteiger partial charge in [-0.1, -0.05) is 12.2 Å². The Morgan fingerprint density at radius 2 is 2.00 bits per heavy atom. The Kier molecular flexibility index (Phi) is 0.397. The summed E-state index contributed by atoms with van der Waals surface area (Å²) in [7, 11) is 0. The molecule has 3 saturated carbocycles. The lowest BCUT2D eigenvalue weighted by molar-refractivity contribution is -0.124. The van der Waals surface area contributed by atoms with E-state index in [0.717, 1.165) is 23.7 Å². The van der Waals surface area contributed by atoms with Gasteiger partial charge in [0.2, 0.25) is 0 Å². The van der Waals surface area contributed by atoms with E-state index in [1.54, 1.807) is 0 Å². The Labute approximate surface area is 59.1 Å². The molecule has 0 N–H and O–H groups in total. The summed E-state index contributed by atoms with van der Waals surface area (Å²) in [6.07, 6.45) is 4.46. The van der Waals surface area contributed by atoms with Crippen molar-refractivity contribution in [2.75, 3.05) is 0 Å². The molecule has 0 aromatic rings. The van der Waals surface area contributed by atoms with Crippen LogP contribution in [0.4, 0.5) is 0 Å². The first-order valence-corrected chi connectivity index (χ1v) is 4.11. The van der Waals surface area contributed by atoms with Crippen molar-refractivity contribution >= 4 is 5.78 Å². The van der Waals surface area contributed by atoms with E-state index < -0.39 is 0 Å². The summed E-state index contributed by atoms with van der Waals surface area (Å²) in [6, 6.07) is 0. The van der Waals surface area contributed by atoms with Gasteiger partial charge in [-0.25, -0.2) is 0 Å². The monoisotopic (exact) mass is 132 g/mol. The number of carbonyl (C=O) groups is 1. The van der Waals surface area contributed by atoms with Crippen LogP contribution < -0.4 is 0 Å². The highest BCUT2D eigenvalue weighted by atomic mass is 16.1. The van der Waals surface area contributed by atoms with E-state index in [-0.39, 0.29) is 0 Å². The SMILES string of the molecule is O=C1C2C=CC3C2C2C1C32. The molecule has 0 amide bonds. The standard InChI is InChI=1S/C9H8O/c10-9-4-2-1-3-5(4)7-6(3)8(7)9/h1-8H. The van der Waals surface area contributed by atoms with Gasteiger partial charge < -0.3 is 0 Å². The Morgan fingerprint density at radius 1 is 1.10 bits per heavy atom. The highest BCUT2D eigenvalue weighted by Gasteiger charge is 2.79. The molecule has 4 aliphatic rings. The zero-order valence-corrected chi connectivity index (χ0v) is 5.53. The van der Waals surface area contributed by atoms with Gasteiger partial charge in [0, 0.05) is 11.8 Å². The minimum Gasteiger partial charge on any atom is -0.299 e. The quantitative estimate of drug-likeness (QED) is 0.447. The molecule has 1 heteroatoms. The van der Waals surface area contributed by atoms with Crippen molar-refractivity contribution in [2.45, 2.75) is 0 Å². The number of fused-ring (bicyclic) bond motifs is 2. The predicted molar refractivity (Wildman–Crippen MR) is 35.1 cm³/mol. The van der Waals surface area contributed by atoms with Crippen molar-refractivity contribution < 1.29 is 4.79 Å². The maximum atomic E-state index is 11.4. The van der Waals surface area contributed by atoms with Gasteiger partial charge in [0.25, 0.3) is 0 Å². The molecule has 0 aliphatic heterocycles. The van der Waals surface area contributed by atoms with Crippen molar-refractivity contribution in [3.05, 3.63) is 12.2 Å². The topological polar surface area (TPSA) is 17.1 Å². The van der Waals surface area contributed by atoms with E-state index in [1.165, 1.54) is 0 Å². The van der Waals surface area contributed by atoms with Crippen LogP contribution in [0.25, 0.3) is 0 Å². The van der Waals surface area contributed by atoms with Crippen LogP contribution in [0.2, 0.25) is 0 Å². The molecule has 6 atom stereocenters. The van der Waals surface area contributed by atoms with E-state index in [2.05, 4.69) is 12.2 Å². The first-order chi connectivity index (χ1) is 4.89. The predicted octanol–water partition coefficient (Wildman–Crippen LogP) is 0.863. The molecule has 0 saturated heterocycles. The number of rotatable bonds is 0. The summed E-state index contributed by atoms with van der Waals surface area (Å²) in [6.45, 7) is 0. The lowest BCUT2D eigenvalue weighted by atomic mass is 9.71. The molecule has 0 aromatic heterocycles. The third-order valence-electron chi connectivity index (χ3n) is 4.08. The summed E-state index contributed by atoms with van der Waals surface area (Å²) in [5, 5.41) is 0. The fraction of sp³-hybridized carbons (Fsp3) is 0.667. The van der Waals surface area contributed by atoms with E-state index >= 15 is 0 Å². The maximum Gasteiger partial charge on any atom is 0.143 e. The van der Waals surface area contributed by atoms with Crippen LogP contribution >= 0.6 is 0 Å².